The first-order valence-electron chi connectivity index (χ1n) is 6.10. The van der Waals surface area contributed by atoms with Gasteiger partial charge in [0.1, 0.15) is 5.75 Å². The Hall–Kier alpha value is -1.42. The number of hydrogen-bond donors (Lipinski definition) is 2. The number of fused-ring (bicyclic) bond motifs is 2. The molecule has 2 heterocycles. The van der Waals surface area contributed by atoms with Crippen LogP contribution in [0.4, 0.5) is 0 Å². The highest BCUT2D eigenvalue weighted by atomic mass is 16.5. The molecule has 4 heteroatoms. The summed E-state index contributed by atoms with van der Waals surface area (Å²) in [6, 6.07) is 0. The summed E-state index contributed by atoms with van der Waals surface area (Å²) in [7, 11) is 0. The number of phenolic OH excluding ortho intramolecular Hbond substituents is 1. The van der Waals surface area contributed by atoms with E-state index >= 15 is 0 Å². The second kappa shape index (κ2) is 2.88. The molecule has 90 valence electrons. The van der Waals surface area contributed by atoms with Gasteiger partial charge in [-0.25, -0.2) is 0 Å². The van der Waals surface area contributed by atoms with Crippen LogP contribution in [0.2, 0.25) is 0 Å². The fourth-order valence-electron chi connectivity index (χ4n) is 2.95. The number of phenols is 1. The molecule has 0 aromatic heterocycles. The Balaban J connectivity index is 2.05. The Morgan fingerprint density at radius 1 is 0.941 bits per heavy atom. The Labute approximate surface area is 98.8 Å². The van der Waals surface area contributed by atoms with Gasteiger partial charge in [0.15, 0.2) is 11.5 Å². The number of aromatic hydroxyl groups is 1. The van der Waals surface area contributed by atoms with Gasteiger partial charge in [-0.15, -0.1) is 0 Å². The van der Waals surface area contributed by atoms with E-state index in [1.54, 1.807) is 0 Å². The van der Waals surface area contributed by atoms with Gasteiger partial charge in [-0.1, -0.05) is 0 Å². The molecule has 17 heavy (non-hydrogen) atoms. The number of aliphatic hydroxyl groups is 1. The van der Waals surface area contributed by atoms with Crippen molar-refractivity contribution < 1.29 is 19.7 Å². The quantitative estimate of drug-likeness (QED) is 0.767. The second-order valence-electron chi connectivity index (χ2n) is 5.07. The summed E-state index contributed by atoms with van der Waals surface area (Å²) in [6.45, 7) is 1.16. The SMILES string of the molecule is Oc1c2c(c(C3(O)CC3)c3c1OCC3)OCC2. The van der Waals surface area contributed by atoms with E-state index in [-0.39, 0.29) is 5.75 Å². The van der Waals surface area contributed by atoms with E-state index in [0.29, 0.717) is 31.1 Å². The zero-order chi connectivity index (χ0) is 11.6. The maximum atomic E-state index is 10.4. The van der Waals surface area contributed by atoms with E-state index in [1.165, 1.54) is 0 Å². The molecule has 0 radical (unpaired) electrons. The Bertz CT molecular complexity index is 482. The molecule has 4 rings (SSSR count). The van der Waals surface area contributed by atoms with Gasteiger partial charge in [-0.3, -0.25) is 0 Å². The van der Waals surface area contributed by atoms with E-state index < -0.39 is 5.60 Å². The number of ether oxygens (including phenoxy) is 2. The van der Waals surface area contributed by atoms with Crippen molar-refractivity contribution in [3.05, 3.63) is 16.7 Å². The van der Waals surface area contributed by atoms with Gasteiger partial charge in [-0.2, -0.15) is 0 Å². The van der Waals surface area contributed by atoms with Gasteiger partial charge in [0.05, 0.1) is 18.8 Å². The maximum absolute atomic E-state index is 10.4. The molecule has 1 fully saturated rings. The average molecular weight is 234 g/mol. The van der Waals surface area contributed by atoms with Gasteiger partial charge in [0.25, 0.3) is 0 Å². The molecule has 3 aliphatic rings. The van der Waals surface area contributed by atoms with Crippen LogP contribution in [0.3, 0.4) is 0 Å². The van der Waals surface area contributed by atoms with E-state index in [0.717, 1.165) is 36.0 Å². The molecule has 0 amide bonds. The van der Waals surface area contributed by atoms with E-state index in [2.05, 4.69) is 0 Å². The summed E-state index contributed by atoms with van der Waals surface area (Å²) in [5.41, 5.74) is 1.90. The fraction of sp³-hybridized carbons (Fsp3) is 0.538. The minimum absolute atomic E-state index is 0.220. The van der Waals surface area contributed by atoms with Crippen molar-refractivity contribution in [1.82, 2.24) is 0 Å². The largest absolute Gasteiger partial charge is 0.504 e. The number of hydrogen-bond acceptors (Lipinski definition) is 4. The van der Waals surface area contributed by atoms with Gasteiger partial charge in [0.2, 0.25) is 0 Å². The Kier molecular flexibility index (Phi) is 1.62. The zero-order valence-corrected chi connectivity index (χ0v) is 9.45. The molecule has 4 nitrogen and oxygen atoms in total. The van der Waals surface area contributed by atoms with Crippen LogP contribution in [-0.2, 0) is 18.4 Å². The van der Waals surface area contributed by atoms with Crippen LogP contribution in [0.5, 0.6) is 17.2 Å². The molecule has 1 aromatic rings. The minimum Gasteiger partial charge on any atom is -0.504 e. The molecule has 0 bridgehead atoms. The zero-order valence-electron chi connectivity index (χ0n) is 9.45. The van der Waals surface area contributed by atoms with Crippen molar-refractivity contribution in [2.75, 3.05) is 13.2 Å². The summed E-state index contributed by atoms with van der Waals surface area (Å²) in [5.74, 6) is 1.51. The van der Waals surface area contributed by atoms with Crippen molar-refractivity contribution in [3.8, 4) is 17.2 Å². The smallest absolute Gasteiger partial charge is 0.165 e. The lowest BCUT2D eigenvalue weighted by molar-refractivity contribution is 0.146. The van der Waals surface area contributed by atoms with Gasteiger partial charge in [-0.05, 0) is 12.8 Å². The lowest BCUT2D eigenvalue weighted by Gasteiger charge is -2.18. The first kappa shape index (κ1) is 9.59. The lowest BCUT2D eigenvalue weighted by atomic mass is 9.93. The summed E-state index contributed by atoms with van der Waals surface area (Å²) >= 11 is 0. The molecular formula is C13H14O4. The third kappa shape index (κ3) is 1.11. The van der Waals surface area contributed by atoms with Crippen molar-refractivity contribution in [1.29, 1.82) is 0 Å². The predicted octanol–water partition coefficient (Wildman–Crippen LogP) is 1.24. The molecule has 0 atom stereocenters. The number of benzene rings is 1. The van der Waals surface area contributed by atoms with Gasteiger partial charge < -0.3 is 19.7 Å². The Morgan fingerprint density at radius 3 is 2.29 bits per heavy atom. The van der Waals surface area contributed by atoms with Crippen LogP contribution in [-0.4, -0.2) is 23.4 Å². The minimum atomic E-state index is -0.736. The molecule has 1 aliphatic carbocycles. The summed E-state index contributed by atoms with van der Waals surface area (Å²) < 4.78 is 11.1. The van der Waals surface area contributed by atoms with Crippen molar-refractivity contribution in [2.24, 2.45) is 0 Å². The molecular weight excluding hydrogens is 220 g/mol. The van der Waals surface area contributed by atoms with E-state index in [1.807, 2.05) is 0 Å². The molecule has 2 N–H and O–H groups in total. The standard InChI is InChI=1S/C13H14O4/c14-10-8-2-6-16-11(8)9(13(15)3-4-13)7-1-5-17-12(7)10/h14-15H,1-6H2. The van der Waals surface area contributed by atoms with Crippen LogP contribution in [0.25, 0.3) is 0 Å². The first-order valence-corrected chi connectivity index (χ1v) is 6.10. The van der Waals surface area contributed by atoms with Crippen molar-refractivity contribution in [2.45, 2.75) is 31.3 Å². The normalized spacial score (nSPS) is 22.6. The average Bonchev–Trinajstić information content (AvgIpc) is 2.79. The van der Waals surface area contributed by atoms with E-state index in [9.17, 15) is 10.2 Å². The first-order chi connectivity index (χ1) is 8.21. The Morgan fingerprint density at radius 2 is 1.59 bits per heavy atom. The molecule has 1 aromatic carbocycles. The summed E-state index contributed by atoms with van der Waals surface area (Å²) in [4.78, 5) is 0. The molecule has 0 spiro atoms. The third-order valence-electron chi connectivity index (χ3n) is 3.96. The summed E-state index contributed by atoms with van der Waals surface area (Å²) in [6.07, 6.45) is 3.00. The highest BCUT2D eigenvalue weighted by Gasteiger charge is 2.49. The van der Waals surface area contributed by atoms with Gasteiger partial charge in [0, 0.05) is 29.5 Å². The topological polar surface area (TPSA) is 58.9 Å². The lowest BCUT2D eigenvalue weighted by Crippen LogP contribution is -2.10. The second-order valence-corrected chi connectivity index (χ2v) is 5.07. The van der Waals surface area contributed by atoms with Crippen LogP contribution in [0, 0.1) is 0 Å². The molecule has 2 aliphatic heterocycles. The third-order valence-corrected chi connectivity index (χ3v) is 3.96. The number of rotatable bonds is 1. The maximum Gasteiger partial charge on any atom is 0.165 e. The highest BCUT2D eigenvalue weighted by Crippen LogP contribution is 2.57. The molecule has 0 saturated heterocycles. The summed E-state index contributed by atoms with van der Waals surface area (Å²) in [5, 5.41) is 20.6. The van der Waals surface area contributed by atoms with Crippen molar-refractivity contribution in [3.63, 3.8) is 0 Å². The fourth-order valence-corrected chi connectivity index (χ4v) is 2.95. The monoisotopic (exact) mass is 234 g/mol. The van der Waals surface area contributed by atoms with Gasteiger partial charge >= 0.3 is 0 Å². The van der Waals surface area contributed by atoms with Crippen LogP contribution in [0.15, 0.2) is 0 Å². The highest BCUT2D eigenvalue weighted by molar-refractivity contribution is 5.67. The van der Waals surface area contributed by atoms with E-state index in [4.69, 9.17) is 9.47 Å². The van der Waals surface area contributed by atoms with Crippen molar-refractivity contribution >= 4 is 0 Å². The van der Waals surface area contributed by atoms with Crippen LogP contribution < -0.4 is 9.47 Å². The van der Waals surface area contributed by atoms with Crippen LogP contribution >= 0.6 is 0 Å². The van der Waals surface area contributed by atoms with Crippen LogP contribution in [0.1, 0.15) is 29.5 Å². The molecule has 1 saturated carbocycles. The predicted molar refractivity (Wildman–Crippen MR) is 59.6 cm³/mol. The molecule has 0 unspecified atom stereocenters.